The van der Waals surface area contributed by atoms with Gasteiger partial charge in [0.25, 0.3) is 0 Å². The number of pyridine rings is 1. The van der Waals surface area contributed by atoms with E-state index in [9.17, 15) is 4.79 Å². The Hall–Kier alpha value is -3.93. The van der Waals surface area contributed by atoms with E-state index in [4.69, 9.17) is 14.7 Å². The number of aryl methyl sites for hydroxylation is 3. The highest BCUT2D eigenvalue weighted by atomic mass is 16.5. The minimum atomic E-state index is -0.312. The average Bonchev–Trinajstić information content (AvgIpc) is 3.40. The predicted octanol–water partition coefficient (Wildman–Crippen LogP) is 5.45. The molecule has 0 aliphatic carbocycles. The first-order chi connectivity index (χ1) is 16.5. The Morgan fingerprint density at radius 1 is 1.00 bits per heavy atom. The van der Waals surface area contributed by atoms with Crippen LogP contribution < -0.4 is 0 Å². The van der Waals surface area contributed by atoms with Crippen LogP contribution in [0.4, 0.5) is 0 Å². The molecule has 3 heterocycles. The van der Waals surface area contributed by atoms with Crippen LogP contribution in [0.15, 0.2) is 60.8 Å². The Morgan fingerprint density at radius 2 is 1.82 bits per heavy atom. The minimum absolute atomic E-state index is 0.312. The number of ether oxygens (including phenoxy) is 1. The molecule has 2 aromatic carbocycles. The summed E-state index contributed by atoms with van der Waals surface area (Å²) >= 11 is 0. The maximum Gasteiger partial charge on any atom is 0.338 e. The highest BCUT2D eigenvalue weighted by Crippen LogP contribution is 2.24. The third-order valence-electron chi connectivity index (χ3n) is 6.36. The second-order valence-electron chi connectivity index (χ2n) is 8.71. The topological polar surface area (TPSA) is 61.9 Å². The van der Waals surface area contributed by atoms with Crippen LogP contribution in [0.3, 0.4) is 0 Å². The molecule has 3 aromatic heterocycles. The molecule has 0 bridgehead atoms. The van der Waals surface area contributed by atoms with Crippen LogP contribution in [0.1, 0.15) is 45.5 Å². The molecular weight excluding hydrogens is 424 g/mol. The maximum absolute atomic E-state index is 12.2. The van der Waals surface area contributed by atoms with Gasteiger partial charge >= 0.3 is 5.97 Å². The first-order valence-corrected chi connectivity index (χ1v) is 11.6. The van der Waals surface area contributed by atoms with Crippen molar-refractivity contribution in [2.45, 2.75) is 40.3 Å². The average molecular weight is 453 g/mol. The van der Waals surface area contributed by atoms with Gasteiger partial charge in [0, 0.05) is 30.4 Å². The van der Waals surface area contributed by atoms with Crippen LogP contribution in [0.2, 0.25) is 0 Å². The summed E-state index contributed by atoms with van der Waals surface area (Å²) in [6.07, 6.45) is 2.92. The number of aromatic nitrogens is 4. The van der Waals surface area contributed by atoms with Crippen molar-refractivity contribution in [1.29, 1.82) is 0 Å². The number of rotatable bonds is 6. The first kappa shape index (κ1) is 21.9. The quantitative estimate of drug-likeness (QED) is 0.322. The van der Waals surface area contributed by atoms with Crippen LogP contribution in [0.25, 0.3) is 22.1 Å². The third-order valence-corrected chi connectivity index (χ3v) is 6.36. The maximum atomic E-state index is 12.2. The molecule has 0 unspecified atom stereocenters. The van der Waals surface area contributed by atoms with E-state index >= 15 is 0 Å². The van der Waals surface area contributed by atoms with Gasteiger partial charge in [-0.25, -0.2) is 14.8 Å². The number of carbonyl (C=O) groups is 1. The lowest BCUT2D eigenvalue weighted by Crippen LogP contribution is -2.08. The van der Waals surface area contributed by atoms with Crippen molar-refractivity contribution in [2.75, 3.05) is 7.11 Å². The number of nitrogens with zero attached hydrogens (tertiary/aromatic N) is 4. The number of fused-ring (bicyclic) bond motifs is 2. The molecule has 6 nitrogen and oxygen atoms in total. The van der Waals surface area contributed by atoms with E-state index in [0.717, 1.165) is 57.7 Å². The van der Waals surface area contributed by atoms with Crippen LogP contribution in [-0.4, -0.2) is 32.2 Å². The summed E-state index contributed by atoms with van der Waals surface area (Å²) in [4.78, 5) is 21.8. The molecule has 0 saturated heterocycles. The fourth-order valence-corrected chi connectivity index (χ4v) is 4.70. The lowest BCUT2D eigenvalue weighted by Gasteiger charge is -2.11. The van der Waals surface area contributed by atoms with Crippen molar-refractivity contribution < 1.29 is 9.53 Å². The normalized spacial score (nSPS) is 11.4. The molecule has 0 amide bonds. The van der Waals surface area contributed by atoms with Crippen molar-refractivity contribution in [2.24, 2.45) is 0 Å². The number of methoxy groups -OCH3 is 1. The number of imidazole rings is 1. The van der Waals surface area contributed by atoms with E-state index in [-0.39, 0.29) is 5.97 Å². The van der Waals surface area contributed by atoms with E-state index in [1.54, 1.807) is 0 Å². The Kier molecular flexibility index (Phi) is 5.65. The Balaban J connectivity index is 1.48. The zero-order valence-corrected chi connectivity index (χ0v) is 20.0. The van der Waals surface area contributed by atoms with E-state index in [1.807, 2.05) is 31.2 Å². The van der Waals surface area contributed by atoms with Crippen LogP contribution in [0, 0.1) is 13.8 Å². The van der Waals surface area contributed by atoms with Gasteiger partial charge in [-0.2, -0.15) is 0 Å². The van der Waals surface area contributed by atoms with Crippen LogP contribution >= 0.6 is 0 Å². The molecule has 5 aromatic rings. The smallest absolute Gasteiger partial charge is 0.338 e. The lowest BCUT2D eigenvalue weighted by atomic mass is 10.1. The molecule has 172 valence electrons. The number of hydrogen-bond donors (Lipinski definition) is 0. The number of benzene rings is 2. The van der Waals surface area contributed by atoms with Gasteiger partial charge in [-0.1, -0.05) is 31.2 Å². The van der Waals surface area contributed by atoms with Gasteiger partial charge in [0.15, 0.2) is 5.65 Å². The molecule has 0 atom stereocenters. The summed E-state index contributed by atoms with van der Waals surface area (Å²) in [6, 6.07) is 18.3. The Bertz CT molecular complexity index is 1530. The molecule has 34 heavy (non-hydrogen) atoms. The molecule has 6 heteroatoms. The second kappa shape index (κ2) is 8.78. The molecule has 5 rings (SSSR count). The molecular formula is C28H28N4O2. The molecule has 0 N–H and O–H groups in total. The van der Waals surface area contributed by atoms with Crippen LogP contribution in [-0.2, 0) is 24.2 Å². The zero-order valence-electron chi connectivity index (χ0n) is 20.0. The van der Waals surface area contributed by atoms with Crippen molar-refractivity contribution in [3.8, 4) is 0 Å². The van der Waals surface area contributed by atoms with Crippen molar-refractivity contribution >= 4 is 28.0 Å². The Morgan fingerprint density at radius 3 is 2.62 bits per heavy atom. The van der Waals surface area contributed by atoms with E-state index in [2.05, 4.69) is 59.5 Å². The van der Waals surface area contributed by atoms with Crippen LogP contribution in [0.5, 0.6) is 0 Å². The fraction of sp³-hybridized carbons (Fsp3) is 0.250. The molecule has 0 fully saturated rings. The largest absolute Gasteiger partial charge is 0.465 e. The molecule has 0 radical (unpaired) electrons. The van der Waals surface area contributed by atoms with Gasteiger partial charge in [0.2, 0.25) is 0 Å². The summed E-state index contributed by atoms with van der Waals surface area (Å²) in [5.74, 6) is 0.737. The number of carbonyl (C=O) groups excluding carboxylic acids is 1. The van der Waals surface area contributed by atoms with Gasteiger partial charge in [-0.05, 0) is 66.3 Å². The highest BCUT2D eigenvalue weighted by molar-refractivity contribution is 5.91. The summed E-state index contributed by atoms with van der Waals surface area (Å²) in [6.45, 7) is 7.59. The van der Waals surface area contributed by atoms with Gasteiger partial charge in [-0.3, -0.25) is 0 Å². The SMILES string of the molecule is CCc1nc2c(C)cc(C)nc2n1Cc1ccc2c(ccn2Cc2ccccc2C(=O)OC)c1. The van der Waals surface area contributed by atoms with Gasteiger partial charge in [-0.15, -0.1) is 0 Å². The van der Waals surface area contributed by atoms with Crippen molar-refractivity contribution in [3.63, 3.8) is 0 Å². The highest BCUT2D eigenvalue weighted by Gasteiger charge is 2.15. The summed E-state index contributed by atoms with van der Waals surface area (Å²) in [7, 11) is 1.41. The van der Waals surface area contributed by atoms with Gasteiger partial charge < -0.3 is 13.9 Å². The second-order valence-corrected chi connectivity index (χ2v) is 8.71. The number of hydrogen-bond acceptors (Lipinski definition) is 4. The van der Waals surface area contributed by atoms with E-state index in [0.29, 0.717) is 12.1 Å². The standard InChI is InChI=1S/C28H28N4O2/c1-5-25-30-26-18(2)14-19(3)29-27(26)32(25)16-20-10-11-24-21(15-20)12-13-31(24)17-22-8-6-7-9-23(22)28(33)34-4/h6-15H,5,16-17H2,1-4H3. The van der Waals surface area contributed by atoms with E-state index < -0.39 is 0 Å². The monoisotopic (exact) mass is 452 g/mol. The molecule has 0 aliphatic heterocycles. The lowest BCUT2D eigenvalue weighted by molar-refractivity contribution is 0.0599. The van der Waals surface area contributed by atoms with Crippen molar-refractivity contribution in [1.82, 2.24) is 19.1 Å². The van der Waals surface area contributed by atoms with Crippen molar-refractivity contribution in [3.05, 3.63) is 94.6 Å². The third kappa shape index (κ3) is 3.85. The Labute approximate surface area is 198 Å². The first-order valence-electron chi connectivity index (χ1n) is 11.6. The van der Waals surface area contributed by atoms with Gasteiger partial charge in [0.1, 0.15) is 11.3 Å². The predicted molar refractivity (Wildman–Crippen MR) is 134 cm³/mol. The fourth-order valence-electron chi connectivity index (χ4n) is 4.70. The zero-order chi connectivity index (χ0) is 23.8. The summed E-state index contributed by atoms with van der Waals surface area (Å²) in [5, 5.41) is 1.16. The number of esters is 1. The summed E-state index contributed by atoms with van der Waals surface area (Å²) < 4.78 is 9.35. The molecule has 0 aliphatic rings. The molecule has 0 saturated carbocycles. The minimum Gasteiger partial charge on any atom is -0.465 e. The molecule has 0 spiro atoms. The van der Waals surface area contributed by atoms with E-state index in [1.165, 1.54) is 12.7 Å². The summed E-state index contributed by atoms with van der Waals surface area (Å²) in [5.41, 5.74) is 7.97. The van der Waals surface area contributed by atoms with Gasteiger partial charge in [0.05, 0.1) is 19.2 Å².